The highest BCUT2D eigenvalue weighted by Crippen LogP contribution is 2.32. The maximum atomic E-state index is 8.72. The van der Waals surface area contributed by atoms with Gasteiger partial charge in [0.2, 0.25) is 0 Å². The molecule has 1 aromatic rings. The largest absolute Gasteiger partial charge is 0.508 e. The zero-order valence-electron chi connectivity index (χ0n) is 8.61. The Hall–Kier alpha value is -0.630. The van der Waals surface area contributed by atoms with E-state index in [-0.39, 0.29) is 5.75 Å². The highest BCUT2D eigenvalue weighted by molar-refractivity contribution is 7.80. The summed E-state index contributed by atoms with van der Waals surface area (Å²) >= 11 is 4.02. The minimum absolute atomic E-state index is 0.280. The van der Waals surface area contributed by atoms with Gasteiger partial charge in [0, 0.05) is 4.90 Å². The Bertz CT molecular complexity index is 231. The Kier molecular flexibility index (Phi) is 4.88. The molecule has 2 heteroatoms. The van der Waals surface area contributed by atoms with Gasteiger partial charge in [0.1, 0.15) is 5.75 Å². The van der Waals surface area contributed by atoms with Crippen molar-refractivity contribution in [3.63, 3.8) is 0 Å². The molecule has 1 fully saturated rings. The van der Waals surface area contributed by atoms with Crippen LogP contribution in [0.5, 0.6) is 5.75 Å². The standard InChI is InChI=1S/C6H6OS.C6H12/c7-5-1-3-6(8)4-2-5;1-2-3-6-4-5-6/h1-4,7-8H;6H,2-5H2,1H3. The molecule has 78 valence electrons. The van der Waals surface area contributed by atoms with E-state index in [9.17, 15) is 0 Å². The first kappa shape index (κ1) is 11.4. The Morgan fingerprint density at radius 3 is 2.14 bits per heavy atom. The Morgan fingerprint density at radius 1 is 1.29 bits per heavy atom. The first-order valence-corrected chi connectivity index (χ1v) is 5.65. The number of benzene rings is 1. The Balaban J connectivity index is 0.000000146. The minimum Gasteiger partial charge on any atom is -0.508 e. The molecule has 2 rings (SSSR count). The Morgan fingerprint density at radius 2 is 1.86 bits per heavy atom. The van der Waals surface area contributed by atoms with E-state index in [4.69, 9.17) is 5.11 Å². The highest BCUT2D eigenvalue weighted by atomic mass is 32.1. The predicted octanol–water partition coefficient (Wildman–Crippen LogP) is 3.88. The number of rotatable bonds is 2. The first-order chi connectivity index (χ1) is 6.72. The zero-order chi connectivity index (χ0) is 10.4. The van der Waals surface area contributed by atoms with Crippen molar-refractivity contribution in [2.75, 3.05) is 0 Å². The number of thiol groups is 1. The van der Waals surface area contributed by atoms with Crippen LogP contribution < -0.4 is 0 Å². The third-order valence-corrected chi connectivity index (χ3v) is 2.54. The van der Waals surface area contributed by atoms with Crippen LogP contribution in [0.2, 0.25) is 0 Å². The molecule has 0 radical (unpaired) electrons. The summed E-state index contributed by atoms with van der Waals surface area (Å²) in [5, 5.41) is 8.72. The van der Waals surface area contributed by atoms with Crippen molar-refractivity contribution >= 4 is 12.6 Å². The van der Waals surface area contributed by atoms with E-state index in [1.165, 1.54) is 25.7 Å². The second-order valence-corrected chi connectivity index (χ2v) is 4.26. The summed E-state index contributed by atoms with van der Waals surface area (Å²) in [6, 6.07) is 6.67. The molecule has 0 saturated heterocycles. The summed E-state index contributed by atoms with van der Waals surface area (Å²) in [5.41, 5.74) is 0. The molecule has 0 bridgehead atoms. The lowest BCUT2D eigenvalue weighted by Crippen LogP contribution is -1.68. The highest BCUT2D eigenvalue weighted by Gasteiger charge is 2.18. The monoisotopic (exact) mass is 210 g/mol. The van der Waals surface area contributed by atoms with Gasteiger partial charge in [-0.05, 0) is 30.2 Å². The second-order valence-electron chi connectivity index (χ2n) is 3.75. The van der Waals surface area contributed by atoms with E-state index < -0.39 is 0 Å². The summed E-state index contributed by atoms with van der Waals surface area (Å²) in [7, 11) is 0. The van der Waals surface area contributed by atoms with Crippen LogP contribution in [-0.2, 0) is 0 Å². The van der Waals surface area contributed by atoms with Crippen molar-refractivity contribution in [3.8, 4) is 5.75 Å². The van der Waals surface area contributed by atoms with Gasteiger partial charge < -0.3 is 5.11 Å². The van der Waals surface area contributed by atoms with E-state index in [0.717, 1.165) is 10.8 Å². The van der Waals surface area contributed by atoms with E-state index in [1.807, 2.05) is 0 Å². The zero-order valence-corrected chi connectivity index (χ0v) is 9.50. The molecule has 0 amide bonds. The summed E-state index contributed by atoms with van der Waals surface area (Å²) in [5.74, 6) is 1.43. The van der Waals surface area contributed by atoms with Crippen LogP contribution in [0.1, 0.15) is 32.6 Å². The van der Waals surface area contributed by atoms with Gasteiger partial charge in [-0.25, -0.2) is 0 Å². The number of hydrogen-bond donors (Lipinski definition) is 2. The lowest BCUT2D eigenvalue weighted by Gasteiger charge is -1.88. The fourth-order valence-corrected chi connectivity index (χ4v) is 1.42. The van der Waals surface area contributed by atoms with Crippen molar-refractivity contribution in [1.82, 2.24) is 0 Å². The summed E-state index contributed by atoms with van der Waals surface area (Å²) < 4.78 is 0. The van der Waals surface area contributed by atoms with Crippen molar-refractivity contribution in [1.29, 1.82) is 0 Å². The molecule has 0 spiro atoms. The quantitative estimate of drug-likeness (QED) is 0.710. The summed E-state index contributed by atoms with van der Waals surface area (Å²) in [6.07, 6.45) is 5.92. The predicted molar refractivity (Wildman–Crippen MR) is 63.0 cm³/mol. The van der Waals surface area contributed by atoms with Crippen LogP contribution in [0.3, 0.4) is 0 Å². The molecule has 1 nitrogen and oxygen atoms in total. The van der Waals surface area contributed by atoms with Crippen LogP contribution in [0.15, 0.2) is 29.2 Å². The third-order valence-electron chi connectivity index (χ3n) is 2.24. The van der Waals surface area contributed by atoms with E-state index in [1.54, 1.807) is 24.3 Å². The molecule has 1 saturated carbocycles. The molecule has 1 aliphatic rings. The third kappa shape index (κ3) is 5.18. The van der Waals surface area contributed by atoms with Gasteiger partial charge in [-0.3, -0.25) is 0 Å². The van der Waals surface area contributed by atoms with Crippen molar-refractivity contribution < 1.29 is 5.11 Å². The molecule has 14 heavy (non-hydrogen) atoms. The smallest absolute Gasteiger partial charge is 0.115 e. The van der Waals surface area contributed by atoms with Crippen molar-refractivity contribution in [2.45, 2.75) is 37.5 Å². The first-order valence-electron chi connectivity index (χ1n) is 5.20. The van der Waals surface area contributed by atoms with Crippen LogP contribution in [0.4, 0.5) is 0 Å². The lowest BCUT2D eigenvalue weighted by molar-refractivity contribution is 0.475. The molecular weight excluding hydrogens is 192 g/mol. The van der Waals surface area contributed by atoms with Gasteiger partial charge in [0.05, 0.1) is 0 Å². The van der Waals surface area contributed by atoms with Gasteiger partial charge in [-0.15, -0.1) is 12.6 Å². The summed E-state index contributed by atoms with van der Waals surface area (Å²) in [6.45, 7) is 2.26. The van der Waals surface area contributed by atoms with Crippen LogP contribution >= 0.6 is 12.6 Å². The van der Waals surface area contributed by atoms with E-state index in [0.29, 0.717) is 0 Å². The molecule has 0 heterocycles. The molecule has 1 aliphatic carbocycles. The van der Waals surface area contributed by atoms with Gasteiger partial charge in [0.25, 0.3) is 0 Å². The molecule has 0 unspecified atom stereocenters. The molecule has 1 aromatic carbocycles. The number of phenolic OH excluding ortho intramolecular Hbond substituents is 1. The number of hydrogen-bond acceptors (Lipinski definition) is 2. The van der Waals surface area contributed by atoms with Gasteiger partial charge in [-0.2, -0.15) is 0 Å². The van der Waals surface area contributed by atoms with Crippen LogP contribution in [-0.4, -0.2) is 5.11 Å². The summed E-state index contributed by atoms with van der Waals surface area (Å²) in [4.78, 5) is 0.864. The van der Waals surface area contributed by atoms with Crippen molar-refractivity contribution in [2.24, 2.45) is 5.92 Å². The average molecular weight is 210 g/mol. The molecule has 1 N–H and O–H groups in total. The minimum atomic E-state index is 0.280. The maximum absolute atomic E-state index is 8.72. The van der Waals surface area contributed by atoms with Crippen LogP contribution in [0, 0.1) is 5.92 Å². The van der Waals surface area contributed by atoms with Crippen molar-refractivity contribution in [3.05, 3.63) is 24.3 Å². The SMILES string of the molecule is CCCC1CC1.Oc1ccc(S)cc1. The molecule has 0 aliphatic heterocycles. The normalized spacial score (nSPS) is 14.4. The molecular formula is C12H18OS. The van der Waals surface area contributed by atoms with E-state index in [2.05, 4.69) is 19.6 Å². The van der Waals surface area contributed by atoms with Gasteiger partial charge >= 0.3 is 0 Å². The Labute approximate surface area is 91.6 Å². The molecule has 0 aromatic heterocycles. The lowest BCUT2D eigenvalue weighted by atomic mass is 10.2. The van der Waals surface area contributed by atoms with Crippen LogP contribution in [0.25, 0.3) is 0 Å². The maximum Gasteiger partial charge on any atom is 0.115 e. The van der Waals surface area contributed by atoms with E-state index >= 15 is 0 Å². The number of phenols is 1. The van der Waals surface area contributed by atoms with Gasteiger partial charge in [-0.1, -0.05) is 32.6 Å². The topological polar surface area (TPSA) is 20.2 Å². The molecule has 0 atom stereocenters. The fourth-order valence-electron chi connectivity index (χ4n) is 1.27. The fraction of sp³-hybridized carbons (Fsp3) is 0.500. The average Bonchev–Trinajstić information content (AvgIpc) is 2.96. The number of aromatic hydroxyl groups is 1. The van der Waals surface area contributed by atoms with Gasteiger partial charge in [0.15, 0.2) is 0 Å². The second kappa shape index (κ2) is 5.97.